The molecule has 0 radical (unpaired) electrons. The maximum Gasteiger partial charge on any atom is 0.329 e. The second-order valence-corrected chi connectivity index (χ2v) is 10.3. The second-order valence-electron chi connectivity index (χ2n) is 8.70. The summed E-state index contributed by atoms with van der Waals surface area (Å²) < 4.78 is 27.6. The minimum absolute atomic E-state index is 0. The fourth-order valence-corrected chi connectivity index (χ4v) is 5.23. The molecule has 37 heavy (non-hydrogen) atoms. The van der Waals surface area contributed by atoms with Crippen LogP contribution in [-0.4, -0.2) is 38.4 Å². The van der Waals surface area contributed by atoms with E-state index in [0.29, 0.717) is 17.7 Å². The van der Waals surface area contributed by atoms with E-state index in [1.54, 1.807) is 44.4 Å². The summed E-state index contributed by atoms with van der Waals surface area (Å²) in [5.41, 5.74) is 2.93. The highest BCUT2D eigenvalue weighted by molar-refractivity contribution is 7.90. The van der Waals surface area contributed by atoms with Crippen LogP contribution in [0.25, 0.3) is 10.9 Å². The van der Waals surface area contributed by atoms with Crippen molar-refractivity contribution < 1.29 is 20.9 Å². The van der Waals surface area contributed by atoms with E-state index >= 15 is 0 Å². The number of aryl methyl sites for hydroxylation is 2. The Morgan fingerprint density at radius 1 is 0.973 bits per heavy atom. The molecule has 1 aromatic heterocycles. The zero-order valence-corrected chi connectivity index (χ0v) is 21.4. The summed E-state index contributed by atoms with van der Waals surface area (Å²) in [5.74, 6) is -0.373. The Labute approximate surface area is 219 Å². The number of pyridine rings is 1. The Morgan fingerprint density at radius 2 is 1.70 bits per heavy atom. The summed E-state index contributed by atoms with van der Waals surface area (Å²) in [6.07, 6.45) is 2.49. The number of aromatic nitrogens is 1. The van der Waals surface area contributed by atoms with Gasteiger partial charge in [-0.3, -0.25) is 9.78 Å². The predicted molar refractivity (Wildman–Crippen MR) is 148 cm³/mol. The smallest absolute Gasteiger partial charge is 0.325 e. The van der Waals surface area contributed by atoms with Crippen LogP contribution in [0, 0.1) is 6.92 Å². The van der Waals surface area contributed by atoms with Crippen molar-refractivity contribution in [1.82, 2.24) is 15.0 Å². The summed E-state index contributed by atoms with van der Waals surface area (Å²) in [4.78, 5) is 32.1. The third-order valence-corrected chi connectivity index (χ3v) is 7.57. The van der Waals surface area contributed by atoms with E-state index in [1.807, 2.05) is 59.3 Å². The van der Waals surface area contributed by atoms with Crippen LogP contribution in [0.2, 0.25) is 0 Å². The van der Waals surface area contributed by atoms with Gasteiger partial charge < -0.3 is 10.2 Å². The zero-order valence-electron chi connectivity index (χ0n) is 20.6. The lowest BCUT2D eigenvalue weighted by atomic mass is 10.0. The summed E-state index contributed by atoms with van der Waals surface area (Å²) in [5, 5.41) is 3.46. The largest absolute Gasteiger partial charge is 0.329 e. The first kappa shape index (κ1) is 25.8. The molecule has 2 N–H and O–H groups in total. The molecule has 194 valence electrons. The van der Waals surface area contributed by atoms with E-state index in [9.17, 15) is 18.0 Å². The Hall–Kier alpha value is -4.24. The summed E-state index contributed by atoms with van der Waals surface area (Å²) in [6.45, 7) is 1.65. The summed E-state index contributed by atoms with van der Waals surface area (Å²) in [7, 11) is -2.50. The third-order valence-electron chi connectivity index (χ3n) is 6.08. The minimum Gasteiger partial charge on any atom is -0.325 e. The number of anilines is 1. The Kier molecular flexibility index (Phi) is 7.83. The van der Waals surface area contributed by atoms with Gasteiger partial charge in [0, 0.05) is 27.2 Å². The Morgan fingerprint density at radius 3 is 2.46 bits per heavy atom. The normalized spacial score (nSPS) is 12.1. The number of hydrogen-bond acceptors (Lipinski definition) is 5. The van der Waals surface area contributed by atoms with Crippen molar-refractivity contribution in [2.75, 3.05) is 11.9 Å². The van der Waals surface area contributed by atoms with E-state index in [1.165, 1.54) is 11.0 Å². The first-order valence-corrected chi connectivity index (χ1v) is 13.3. The van der Waals surface area contributed by atoms with Crippen LogP contribution in [0.15, 0.2) is 96.0 Å². The molecule has 0 bridgehead atoms. The fourth-order valence-electron chi connectivity index (χ4n) is 4.07. The van der Waals surface area contributed by atoms with Crippen LogP contribution < -0.4 is 14.9 Å². The van der Waals surface area contributed by atoms with Crippen molar-refractivity contribution in [3.05, 3.63) is 102 Å². The lowest BCUT2D eigenvalue weighted by molar-refractivity contribution is -0.120. The van der Waals surface area contributed by atoms with Gasteiger partial charge in [0.15, 0.2) is 0 Å². The van der Waals surface area contributed by atoms with E-state index in [0.717, 1.165) is 16.5 Å². The standard InChI is InChI=1S/C28H28N4O4S.2H2/c1-20-9-6-7-13-26(20)37(35,36)31-28(34)30-25(16-14-21-10-4-3-5-11-21)27(33)32(2)23-15-17-24-22(19-23)12-8-18-29-24;;/h3-13,15,17-19,25H,14,16H2,1-2H3,(H2,30,31,34);2*1H/t25-;;/m0../s1. The molecule has 4 aromatic rings. The minimum atomic E-state index is -4.12. The average Bonchev–Trinajstić information content (AvgIpc) is 2.90. The molecule has 0 saturated carbocycles. The number of rotatable bonds is 8. The molecule has 0 aliphatic heterocycles. The van der Waals surface area contributed by atoms with Crippen molar-refractivity contribution in [3.8, 4) is 0 Å². The molecule has 9 heteroatoms. The van der Waals surface area contributed by atoms with Gasteiger partial charge in [0.1, 0.15) is 6.04 Å². The number of carbonyl (C=O) groups is 2. The molecule has 3 amide bonds. The predicted octanol–water partition coefficient (Wildman–Crippen LogP) is 4.69. The molecule has 0 fully saturated rings. The number of nitrogens with zero attached hydrogens (tertiary/aromatic N) is 2. The Balaban J connectivity index is 0.00000267. The van der Waals surface area contributed by atoms with E-state index in [2.05, 4.69) is 10.3 Å². The van der Waals surface area contributed by atoms with Crippen LogP contribution in [0.4, 0.5) is 10.5 Å². The molecule has 1 heterocycles. The maximum atomic E-state index is 13.5. The number of likely N-dealkylation sites (N-methyl/N-ethyl adjacent to an activating group) is 1. The zero-order chi connectivity index (χ0) is 26.4. The average molecular weight is 521 g/mol. The number of fused-ring (bicyclic) bond motifs is 1. The molecule has 8 nitrogen and oxygen atoms in total. The SMILES string of the molecule is Cc1ccccc1S(=O)(=O)NC(=O)N[C@@H](CCc1ccccc1)C(=O)N(C)c1ccc2ncccc2c1.[HH].[HH]. The third kappa shape index (κ3) is 6.31. The number of benzene rings is 3. The van der Waals surface area contributed by atoms with Crippen molar-refractivity contribution >= 4 is 38.6 Å². The monoisotopic (exact) mass is 520 g/mol. The van der Waals surface area contributed by atoms with Gasteiger partial charge in [0.2, 0.25) is 5.91 Å². The number of nitrogens with one attached hydrogen (secondary N) is 2. The van der Waals surface area contributed by atoms with Crippen LogP contribution in [0.5, 0.6) is 0 Å². The van der Waals surface area contributed by atoms with Gasteiger partial charge in [-0.1, -0.05) is 54.6 Å². The van der Waals surface area contributed by atoms with Gasteiger partial charge in [0.25, 0.3) is 10.0 Å². The molecule has 1 atom stereocenters. The number of urea groups is 1. The number of carbonyl (C=O) groups excluding carboxylic acids is 2. The molecular weight excluding hydrogens is 488 g/mol. The Bertz CT molecular complexity index is 1540. The molecule has 0 saturated heterocycles. The number of amides is 3. The molecule has 3 aromatic carbocycles. The maximum absolute atomic E-state index is 13.5. The fraction of sp³-hybridized carbons (Fsp3) is 0.179. The lowest BCUT2D eigenvalue weighted by Gasteiger charge is -2.25. The highest BCUT2D eigenvalue weighted by atomic mass is 32.2. The van der Waals surface area contributed by atoms with E-state index in [4.69, 9.17) is 0 Å². The summed E-state index contributed by atoms with van der Waals surface area (Å²) >= 11 is 0. The van der Waals surface area contributed by atoms with Crippen LogP contribution in [0.3, 0.4) is 0 Å². The van der Waals surface area contributed by atoms with Crippen LogP contribution in [-0.2, 0) is 21.2 Å². The highest BCUT2D eigenvalue weighted by Crippen LogP contribution is 2.21. The molecule has 0 aliphatic carbocycles. The second kappa shape index (κ2) is 11.2. The molecule has 0 aliphatic rings. The van der Waals surface area contributed by atoms with Gasteiger partial charge in [-0.2, -0.15) is 0 Å². The van der Waals surface area contributed by atoms with E-state index in [-0.39, 0.29) is 20.1 Å². The summed E-state index contributed by atoms with van der Waals surface area (Å²) in [6, 6.07) is 23.2. The first-order valence-electron chi connectivity index (χ1n) is 11.8. The van der Waals surface area contributed by atoms with Crippen LogP contribution in [0.1, 0.15) is 20.4 Å². The van der Waals surface area contributed by atoms with Gasteiger partial charge in [-0.15, -0.1) is 0 Å². The molecular formula is C28H32N4O4S. The van der Waals surface area contributed by atoms with E-state index < -0.39 is 22.1 Å². The first-order chi connectivity index (χ1) is 17.7. The van der Waals surface area contributed by atoms with Gasteiger partial charge in [-0.05, 0) is 61.2 Å². The van der Waals surface area contributed by atoms with Crippen LogP contribution >= 0.6 is 0 Å². The van der Waals surface area contributed by atoms with Gasteiger partial charge in [-0.25, -0.2) is 17.9 Å². The van der Waals surface area contributed by atoms with Crippen molar-refractivity contribution in [3.63, 3.8) is 0 Å². The topological polar surface area (TPSA) is 108 Å². The van der Waals surface area contributed by atoms with Crippen molar-refractivity contribution in [2.45, 2.75) is 30.7 Å². The number of hydrogen-bond donors (Lipinski definition) is 2. The van der Waals surface area contributed by atoms with Gasteiger partial charge >= 0.3 is 6.03 Å². The molecule has 4 rings (SSSR count). The van der Waals surface area contributed by atoms with Crippen molar-refractivity contribution in [1.29, 1.82) is 0 Å². The highest BCUT2D eigenvalue weighted by Gasteiger charge is 2.27. The quantitative estimate of drug-likeness (QED) is 0.350. The van der Waals surface area contributed by atoms with Crippen molar-refractivity contribution in [2.24, 2.45) is 0 Å². The molecule has 0 spiro atoms. The number of sulfonamides is 1. The molecule has 0 unspecified atom stereocenters. The van der Waals surface area contributed by atoms with Gasteiger partial charge in [0.05, 0.1) is 10.4 Å². The lowest BCUT2D eigenvalue weighted by Crippen LogP contribution is -2.51.